The number of nitrogens with one attached hydrogen (secondary N) is 2. The number of furan rings is 1. The van der Waals surface area contributed by atoms with E-state index >= 15 is 0 Å². The fourth-order valence-electron chi connectivity index (χ4n) is 4.13. The van der Waals surface area contributed by atoms with Gasteiger partial charge < -0.3 is 14.6 Å². The van der Waals surface area contributed by atoms with E-state index in [0.717, 1.165) is 12.2 Å². The smallest absolute Gasteiger partial charge is 0.271 e. The largest absolute Gasteiger partial charge is 0.463 e. The molecule has 4 heterocycles. The summed E-state index contributed by atoms with van der Waals surface area (Å²) in [5.41, 5.74) is 1.14. The maximum Gasteiger partial charge on any atom is 0.271 e. The second-order valence-electron chi connectivity index (χ2n) is 6.86. The monoisotopic (exact) mass is 328 g/mol. The molecule has 1 amide bonds. The Balaban J connectivity index is 1.36. The Morgan fingerprint density at radius 1 is 1.33 bits per heavy atom. The van der Waals surface area contributed by atoms with Gasteiger partial charge in [0.1, 0.15) is 5.69 Å². The molecule has 0 aliphatic carbocycles. The lowest BCUT2D eigenvalue weighted by molar-refractivity contribution is 0.0575. The van der Waals surface area contributed by atoms with Gasteiger partial charge in [0, 0.05) is 18.7 Å². The Kier molecular flexibility index (Phi) is 4.38. The molecule has 0 radical (unpaired) electrons. The third-order valence-corrected chi connectivity index (χ3v) is 5.35. The van der Waals surface area contributed by atoms with Gasteiger partial charge in [0.15, 0.2) is 11.5 Å². The fourth-order valence-corrected chi connectivity index (χ4v) is 4.13. The van der Waals surface area contributed by atoms with Crippen LogP contribution in [0.5, 0.6) is 0 Å². The highest BCUT2D eigenvalue weighted by Gasteiger charge is 2.33. The molecule has 2 N–H and O–H groups in total. The number of hydrogen-bond donors (Lipinski definition) is 2. The third-order valence-electron chi connectivity index (χ3n) is 5.35. The molecular weight excluding hydrogens is 304 g/mol. The van der Waals surface area contributed by atoms with Crippen molar-refractivity contribution in [1.29, 1.82) is 0 Å². The van der Waals surface area contributed by atoms with Crippen molar-refractivity contribution in [3.8, 4) is 11.5 Å². The van der Waals surface area contributed by atoms with E-state index in [1.54, 1.807) is 12.3 Å². The van der Waals surface area contributed by atoms with Crippen molar-refractivity contribution in [2.45, 2.75) is 38.1 Å². The zero-order valence-electron chi connectivity index (χ0n) is 13.8. The molecule has 4 rings (SSSR count). The Bertz CT molecular complexity index is 677. The molecule has 2 aromatic heterocycles. The summed E-state index contributed by atoms with van der Waals surface area (Å²) in [6, 6.07) is 6.04. The van der Waals surface area contributed by atoms with Crippen LogP contribution in [0.2, 0.25) is 0 Å². The van der Waals surface area contributed by atoms with Gasteiger partial charge in [-0.3, -0.25) is 9.89 Å². The molecule has 6 heteroatoms. The first kappa shape index (κ1) is 15.4. The van der Waals surface area contributed by atoms with Crippen LogP contribution >= 0.6 is 0 Å². The van der Waals surface area contributed by atoms with Crippen LogP contribution in [0.1, 0.15) is 42.6 Å². The van der Waals surface area contributed by atoms with E-state index in [-0.39, 0.29) is 5.91 Å². The second kappa shape index (κ2) is 6.81. The predicted octanol–water partition coefficient (Wildman–Crippen LogP) is 2.66. The van der Waals surface area contributed by atoms with Crippen LogP contribution in [-0.4, -0.2) is 46.7 Å². The number of nitrogens with zero attached hydrogens (tertiary/aromatic N) is 2. The molecule has 2 fully saturated rings. The molecule has 2 saturated heterocycles. The van der Waals surface area contributed by atoms with E-state index in [1.807, 2.05) is 12.1 Å². The fraction of sp³-hybridized carbons (Fsp3) is 0.556. The van der Waals surface area contributed by atoms with Gasteiger partial charge in [0.25, 0.3) is 5.91 Å². The number of H-pyrrole nitrogens is 1. The van der Waals surface area contributed by atoms with E-state index in [2.05, 4.69) is 20.4 Å². The van der Waals surface area contributed by atoms with Crippen molar-refractivity contribution in [2.24, 2.45) is 5.92 Å². The van der Waals surface area contributed by atoms with Gasteiger partial charge >= 0.3 is 0 Å². The molecule has 0 unspecified atom stereocenters. The highest BCUT2D eigenvalue weighted by Crippen LogP contribution is 2.30. The van der Waals surface area contributed by atoms with Crippen LogP contribution in [0.4, 0.5) is 0 Å². The number of aromatic nitrogens is 2. The number of piperidine rings is 2. The van der Waals surface area contributed by atoms with Crippen molar-refractivity contribution < 1.29 is 9.21 Å². The average Bonchev–Trinajstić information content (AvgIpc) is 3.30. The van der Waals surface area contributed by atoms with Crippen molar-refractivity contribution in [2.75, 3.05) is 19.6 Å². The van der Waals surface area contributed by atoms with Gasteiger partial charge in [-0.05, 0) is 56.8 Å². The summed E-state index contributed by atoms with van der Waals surface area (Å²) < 4.78 is 5.32. The minimum absolute atomic E-state index is 0.114. The van der Waals surface area contributed by atoms with Crippen LogP contribution < -0.4 is 5.32 Å². The molecule has 2 aliphatic heterocycles. The second-order valence-corrected chi connectivity index (χ2v) is 6.86. The third kappa shape index (κ3) is 3.11. The summed E-state index contributed by atoms with van der Waals surface area (Å²) in [6.45, 7) is 3.19. The molecule has 0 spiro atoms. The van der Waals surface area contributed by atoms with Crippen molar-refractivity contribution in [1.82, 2.24) is 20.4 Å². The quantitative estimate of drug-likeness (QED) is 0.905. The molecule has 0 aromatic carbocycles. The van der Waals surface area contributed by atoms with Gasteiger partial charge in [-0.15, -0.1) is 0 Å². The van der Waals surface area contributed by atoms with E-state index in [1.165, 1.54) is 45.2 Å². The Morgan fingerprint density at radius 2 is 2.25 bits per heavy atom. The van der Waals surface area contributed by atoms with Crippen LogP contribution in [0.15, 0.2) is 28.9 Å². The van der Waals surface area contributed by atoms with E-state index in [0.29, 0.717) is 23.4 Å². The summed E-state index contributed by atoms with van der Waals surface area (Å²) in [4.78, 5) is 15.0. The lowest BCUT2D eigenvalue weighted by Gasteiger charge is -2.44. The molecule has 2 aromatic rings. The van der Waals surface area contributed by atoms with Crippen molar-refractivity contribution >= 4 is 5.91 Å². The first-order chi connectivity index (χ1) is 11.8. The number of rotatable bonds is 4. The topological polar surface area (TPSA) is 74.2 Å². The van der Waals surface area contributed by atoms with Crippen molar-refractivity contribution in [3.05, 3.63) is 30.2 Å². The van der Waals surface area contributed by atoms with E-state index < -0.39 is 0 Å². The Morgan fingerprint density at radius 3 is 3.12 bits per heavy atom. The SMILES string of the molecule is O=C(NC[C@H]1CCCN2CCCC[C@@H]12)c1cc(-c2ccco2)[nH]n1. The van der Waals surface area contributed by atoms with Gasteiger partial charge in [-0.25, -0.2) is 0 Å². The highest BCUT2D eigenvalue weighted by molar-refractivity contribution is 5.93. The molecule has 0 saturated carbocycles. The van der Waals surface area contributed by atoms with Gasteiger partial charge in [0.2, 0.25) is 0 Å². The lowest BCUT2D eigenvalue weighted by Crippen LogP contribution is -2.51. The number of carbonyl (C=O) groups is 1. The molecule has 2 atom stereocenters. The predicted molar refractivity (Wildman–Crippen MR) is 90.6 cm³/mol. The molecule has 2 aliphatic rings. The normalized spacial score (nSPS) is 24.5. The summed E-state index contributed by atoms with van der Waals surface area (Å²) >= 11 is 0. The number of amides is 1. The van der Waals surface area contributed by atoms with Crippen LogP contribution in [-0.2, 0) is 0 Å². The summed E-state index contributed by atoms with van der Waals surface area (Å²) in [7, 11) is 0. The molecule has 0 bridgehead atoms. The van der Waals surface area contributed by atoms with Crippen LogP contribution in [0, 0.1) is 5.92 Å². The standard InChI is InChI=1S/C18H24N4O2/c23-18(15-11-14(20-21-15)17-7-4-10-24-17)19-12-13-5-3-9-22-8-2-1-6-16(13)22/h4,7,10-11,13,16H,1-3,5-6,8-9,12H2,(H,19,23)(H,20,21)/t13-,16+/m1/s1. The Labute approximate surface area is 141 Å². The number of hydrogen-bond acceptors (Lipinski definition) is 4. The molecular formula is C18H24N4O2. The van der Waals surface area contributed by atoms with E-state index in [9.17, 15) is 4.79 Å². The van der Waals surface area contributed by atoms with Gasteiger partial charge in [0.05, 0.1) is 6.26 Å². The number of aromatic amines is 1. The van der Waals surface area contributed by atoms with Crippen LogP contribution in [0.25, 0.3) is 11.5 Å². The minimum Gasteiger partial charge on any atom is -0.463 e. The number of fused-ring (bicyclic) bond motifs is 1. The summed E-state index contributed by atoms with van der Waals surface area (Å²) in [5.74, 6) is 1.13. The first-order valence-corrected chi connectivity index (χ1v) is 8.93. The van der Waals surface area contributed by atoms with E-state index in [4.69, 9.17) is 4.42 Å². The van der Waals surface area contributed by atoms with Crippen molar-refractivity contribution in [3.63, 3.8) is 0 Å². The summed E-state index contributed by atoms with van der Waals surface area (Å²) in [6.07, 6.45) is 7.96. The lowest BCUT2D eigenvalue weighted by atomic mass is 9.83. The average molecular weight is 328 g/mol. The first-order valence-electron chi connectivity index (χ1n) is 8.93. The zero-order valence-corrected chi connectivity index (χ0v) is 13.8. The minimum atomic E-state index is -0.114. The highest BCUT2D eigenvalue weighted by atomic mass is 16.3. The summed E-state index contributed by atoms with van der Waals surface area (Å²) in [5, 5.41) is 10.1. The molecule has 128 valence electrons. The van der Waals surface area contributed by atoms with Gasteiger partial charge in [-0.2, -0.15) is 5.10 Å². The Hall–Kier alpha value is -2.08. The number of carbonyl (C=O) groups excluding carboxylic acids is 1. The molecule has 24 heavy (non-hydrogen) atoms. The van der Waals surface area contributed by atoms with Gasteiger partial charge in [-0.1, -0.05) is 6.42 Å². The zero-order chi connectivity index (χ0) is 16.4. The molecule has 6 nitrogen and oxygen atoms in total. The maximum absolute atomic E-state index is 12.4. The van der Waals surface area contributed by atoms with Crippen LogP contribution in [0.3, 0.4) is 0 Å². The maximum atomic E-state index is 12.4.